The van der Waals surface area contributed by atoms with Gasteiger partial charge in [0, 0.05) is 11.1 Å². The number of hydrogen-bond acceptors (Lipinski definition) is 10. The molecule has 0 radical (unpaired) electrons. The molecule has 10 heteroatoms. The van der Waals surface area contributed by atoms with Crippen LogP contribution in [0.15, 0.2) is 48.5 Å². The molecule has 10 nitrogen and oxygen atoms in total. The summed E-state index contributed by atoms with van der Waals surface area (Å²) in [7, 11) is 3.30. The Labute approximate surface area is 253 Å². The molecule has 226 valence electrons. The number of hydrogen-bond donors (Lipinski definition) is 0. The van der Waals surface area contributed by atoms with Gasteiger partial charge in [-0.25, -0.2) is 0 Å². The maximum Gasteiger partial charge on any atom is 0.231 e. The van der Waals surface area contributed by atoms with Crippen molar-refractivity contribution in [2.45, 2.75) is 25.7 Å². The molecule has 4 aromatic rings. The first-order valence-corrected chi connectivity index (χ1v) is 14.5. The molecule has 0 fully saturated rings. The van der Waals surface area contributed by atoms with Crippen molar-refractivity contribution in [2.75, 3.05) is 41.4 Å². The second-order valence-electron chi connectivity index (χ2n) is 10.7. The number of benzene rings is 4. The van der Waals surface area contributed by atoms with E-state index in [1.54, 1.807) is 14.2 Å². The first kappa shape index (κ1) is 26.5. The molecule has 8 rings (SSSR count). The third-order valence-corrected chi connectivity index (χ3v) is 8.29. The summed E-state index contributed by atoms with van der Waals surface area (Å²) >= 11 is 0. The van der Waals surface area contributed by atoms with Crippen LogP contribution in [0.2, 0.25) is 0 Å². The quantitative estimate of drug-likeness (QED) is 0.233. The van der Waals surface area contributed by atoms with E-state index >= 15 is 0 Å². The third kappa shape index (κ3) is 4.49. The predicted octanol–water partition coefficient (Wildman–Crippen LogP) is 5.86. The normalized spacial score (nSPS) is 14.7. The van der Waals surface area contributed by atoms with Crippen LogP contribution in [-0.4, -0.2) is 41.4 Å². The van der Waals surface area contributed by atoms with Crippen molar-refractivity contribution in [3.8, 4) is 68.6 Å². The van der Waals surface area contributed by atoms with Crippen molar-refractivity contribution < 1.29 is 47.4 Å². The topological polar surface area (TPSA) is 92.3 Å². The van der Waals surface area contributed by atoms with Crippen LogP contribution in [0, 0.1) is 0 Å². The molecular formula is C34H30O10. The minimum atomic E-state index is 0.0942. The fourth-order valence-electron chi connectivity index (χ4n) is 6.17. The van der Waals surface area contributed by atoms with Crippen LogP contribution in [0.5, 0.6) is 57.5 Å². The lowest BCUT2D eigenvalue weighted by atomic mass is 9.93. The monoisotopic (exact) mass is 598 g/mol. The Bertz CT molecular complexity index is 1640. The highest BCUT2D eigenvalue weighted by Gasteiger charge is 2.33. The number of ether oxygens (including phenoxy) is 10. The molecule has 0 aromatic heterocycles. The van der Waals surface area contributed by atoms with Gasteiger partial charge < -0.3 is 47.4 Å². The Hall–Kier alpha value is -5.12. The van der Waals surface area contributed by atoms with E-state index in [4.69, 9.17) is 47.4 Å². The van der Waals surface area contributed by atoms with Gasteiger partial charge >= 0.3 is 0 Å². The summed E-state index contributed by atoms with van der Waals surface area (Å²) < 4.78 is 57.9. The summed E-state index contributed by atoms with van der Waals surface area (Å²) in [6, 6.07) is 16.3. The highest BCUT2D eigenvalue weighted by molar-refractivity contribution is 5.86. The minimum Gasteiger partial charge on any atom is -0.492 e. The maximum atomic E-state index is 6.04. The second-order valence-corrected chi connectivity index (χ2v) is 10.7. The number of fused-ring (bicyclic) bond motifs is 4. The number of aryl methyl sites for hydroxylation is 4. The molecule has 4 aliphatic heterocycles. The van der Waals surface area contributed by atoms with Gasteiger partial charge in [0.15, 0.2) is 46.0 Å². The number of methoxy groups -OCH3 is 2. The smallest absolute Gasteiger partial charge is 0.231 e. The van der Waals surface area contributed by atoms with Crippen LogP contribution in [0.1, 0.15) is 22.3 Å². The molecular weight excluding hydrogens is 568 g/mol. The van der Waals surface area contributed by atoms with Crippen LogP contribution in [-0.2, 0) is 25.7 Å². The maximum absolute atomic E-state index is 6.04. The lowest BCUT2D eigenvalue weighted by Gasteiger charge is -2.18. The minimum absolute atomic E-state index is 0.0942. The first-order chi connectivity index (χ1) is 21.7. The van der Waals surface area contributed by atoms with E-state index in [1.807, 2.05) is 24.3 Å². The van der Waals surface area contributed by atoms with Gasteiger partial charge in [-0.1, -0.05) is 12.1 Å². The summed E-state index contributed by atoms with van der Waals surface area (Å²) in [4.78, 5) is 0. The van der Waals surface area contributed by atoms with Gasteiger partial charge in [0.05, 0.1) is 14.2 Å². The summed E-state index contributed by atoms with van der Waals surface area (Å²) in [6.07, 6.45) is 2.90. The van der Waals surface area contributed by atoms with E-state index < -0.39 is 0 Å². The van der Waals surface area contributed by atoms with E-state index in [2.05, 4.69) is 24.3 Å². The molecule has 0 amide bonds. The average molecular weight is 599 g/mol. The lowest BCUT2D eigenvalue weighted by molar-refractivity contribution is 0.170. The predicted molar refractivity (Wildman–Crippen MR) is 157 cm³/mol. The summed E-state index contributed by atoms with van der Waals surface area (Å²) in [6.45, 7) is 0.678. The molecule has 4 heterocycles. The van der Waals surface area contributed by atoms with E-state index in [0.29, 0.717) is 47.3 Å². The molecule has 0 N–H and O–H groups in total. The van der Waals surface area contributed by atoms with Crippen LogP contribution in [0.4, 0.5) is 0 Å². The molecule has 4 aliphatic rings. The fourth-order valence-corrected chi connectivity index (χ4v) is 6.17. The van der Waals surface area contributed by atoms with E-state index in [1.165, 1.54) is 0 Å². The largest absolute Gasteiger partial charge is 0.492 e. The summed E-state index contributed by atoms with van der Waals surface area (Å²) in [5.41, 5.74) is 5.90. The number of rotatable bonds is 9. The van der Waals surface area contributed by atoms with Crippen molar-refractivity contribution in [3.63, 3.8) is 0 Å². The van der Waals surface area contributed by atoms with Gasteiger partial charge in [0.1, 0.15) is 0 Å². The molecule has 0 saturated heterocycles. The highest BCUT2D eigenvalue weighted by Crippen LogP contribution is 2.56. The Morgan fingerprint density at radius 1 is 0.455 bits per heavy atom. The molecule has 0 saturated carbocycles. The summed E-state index contributed by atoms with van der Waals surface area (Å²) in [5.74, 6) is 6.76. The Kier molecular flexibility index (Phi) is 6.54. The van der Waals surface area contributed by atoms with Gasteiger partial charge in [0.2, 0.25) is 38.7 Å². The Balaban J connectivity index is 1.17. The van der Waals surface area contributed by atoms with Crippen molar-refractivity contribution in [1.82, 2.24) is 0 Å². The Morgan fingerprint density at radius 3 is 1.32 bits per heavy atom. The van der Waals surface area contributed by atoms with Crippen molar-refractivity contribution in [1.29, 1.82) is 0 Å². The molecule has 0 unspecified atom stereocenters. The average Bonchev–Trinajstić information content (AvgIpc) is 3.88. The van der Waals surface area contributed by atoms with Gasteiger partial charge in [-0.3, -0.25) is 0 Å². The summed E-state index contributed by atoms with van der Waals surface area (Å²) in [5, 5.41) is 0. The highest BCUT2D eigenvalue weighted by atomic mass is 16.7. The van der Waals surface area contributed by atoms with Crippen molar-refractivity contribution in [2.24, 2.45) is 0 Å². The molecule has 0 spiro atoms. The second kappa shape index (κ2) is 10.9. The zero-order chi connectivity index (χ0) is 29.6. The third-order valence-electron chi connectivity index (χ3n) is 8.29. The van der Waals surface area contributed by atoms with E-state index in [0.717, 1.165) is 69.2 Å². The van der Waals surface area contributed by atoms with Crippen LogP contribution >= 0.6 is 0 Å². The van der Waals surface area contributed by atoms with E-state index in [9.17, 15) is 0 Å². The molecule has 4 aromatic carbocycles. The van der Waals surface area contributed by atoms with Gasteiger partial charge in [-0.15, -0.1) is 0 Å². The molecule has 0 bridgehead atoms. The SMILES string of the molecule is COc1c(CCc2ccc3c(c2)OCO3)cc(-c2cc(CCc3ccc4c(c3)OCO4)c(OC)c3c2OCO3)c2c1OCO2. The van der Waals surface area contributed by atoms with E-state index in [-0.39, 0.29) is 27.2 Å². The van der Waals surface area contributed by atoms with Gasteiger partial charge in [0.25, 0.3) is 0 Å². The fraction of sp³-hybridized carbons (Fsp3) is 0.294. The van der Waals surface area contributed by atoms with Gasteiger partial charge in [-0.2, -0.15) is 0 Å². The first-order valence-electron chi connectivity index (χ1n) is 14.5. The lowest BCUT2D eigenvalue weighted by Crippen LogP contribution is -2.00. The van der Waals surface area contributed by atoms with Crippen LogP contribution in [0.25, 0.3) is 11.1 Å². The molecule has 44 heavy (non-hydrogen) atoms. The van der Waals surface area contributed by atoms with Crippen LogP contribution < -0.4 is 47.4 Å². The molecule has 0 atom stereocenters. The molecule has 0 aliphatic carbocycles. The van der Waals surface area contributed by atoms with Crippen molar-refractivity contribution >= 4 is 0 Å². The van der Waals surface area contributed by atoms with Gasteiger partial charge in [-0.05, 0) is 84.3 Å². The van der Waals surface area contributed by atoms with Crippen LogP contribution in [0.3, 0.4) is 0 Å². The Morgan fingerprint density at radius 2 is 0.864 bits per heavy atom. The zero-order valence-corrected chi connectivity index (χ0v) is 24.4. The van der Waals surface area contributed by atoms with Crippen molar-refractivity contribution in [3.05, 3.63) is 70.8 Å². The standard InChI is InChI=1S/C34H30O10/c1-35-29-21(7-3-19-5-9-25-27(11-19)39-15-37-25)13-23(31-33(29)43-17-41-31)24-14-22(30(36-2)34-32(24)42-18-44-34)8-4-20-6-10-26-28(12-20)40-16-38-26/h5-6,9-14H,3-4,7-8,15-18H2,1-2H3. The zero-order valence-electron chi connectivity index (χ0n) is 24.4.